The molecule has 3 aromatic carbocycles. The zero-order chi connectivity index (χ0) is 30.4. The van der Waals surface area contributed by atoms with E-state index >= 15 is 0 Å². The van der Waals surface area contributed by atoms with E-state index in [1.54, 1.807) is 25.8 Å². The first-order valence-corrected chi connectivity index (χ1v) is 18.3. The summed E-state index contributed by atoms with van der Waals surface area (Å²) in [6.45, 7) is 13.8. The molecule has 42 heavy (non-hydrogen) atoms. The van der Waals surface area contributed by atoms with Gasteiger partial charge in [-0.3, -0.25) is 0 Å². The van der Waals surface area contributed by atoms with Gasteiger partial charge in [0.05, 0.1) is 26.9 Å². The Kier molecular flexibility index (Phi) is 11.0. The van der Waals surface area contributed by atoms with Gasteiger partial charge in [0.25, 0.3) is 0 Å². The van der Waals surface area contributed by atoms with Crippen molar-refractivity contribution in [1.82, 2.24) is 0 Å². The fraction of sp³-hybridized carbons (Fsp3) is 0.471. The lowest BCUT2D eigenvalue weighted by Crippen LogP contribution is -2.68. The highest BCUT2D eigenvalue weighted by Gasteiger charge is 2.57. The summed E-state index contributed by atoms with van der Waals surface area (Å²) < 4.78 is 31.8. The molecular weight excluding hydrogens is 565 g/mol. The largest absolute Gasteiger partial charge is 0.497 e. The lowest BCUT2D eigenvalue weighted by atomic mass is 9.86. The fourth-order valence-electron chi connectivity index (χ4n) is 4.59. The minimum absolute atomic E-state index is 0.0617. The highest BCUT2D eigenvalue weighted by molar-refractivity contribution is 7.99. The number of methoxy groups -OCH3 is 1. The van der Waals surface area contributed by atoms with Crippen LogP contribution in [0, 0.1) is 0 Å². The molecular formula is C34H46O6SSi. The topological polar surface area (TPSA) is 66.4 Å². The lowest BCUT2D eigenvalue weighted by Gasteiger charge is -2.53. The molecule has 1 fully saturated rings. The van der Waals surface area contributed by atoms with Gasteiger partial charge in [-0.25, -0.2) is 0 Å². The molecule has 4 rings (SSSR count). The summed E-state index contributed by atoms with van der Waals surface area (Å²) in [6, 6.07) is 28.0. The molecule has 8 heteroatoms. The first-order valence-electron chi connectivity index (χ1n) is 14.5. The maximum Gasteiger partial charge on any atom is 0.192 e. The first-order chi connectivity index (χ1) is 19.9. The van der Waals surface area contributed by atoms with Crippen LogP contribution in [0.4, 0.5) is 0 Å². The predicted octanol–water partition coefficient (Wildman–Crippen LogP) is 7.46. The summed E-state index contributed by atoms with van der Waals surface area (Å²) in [5.74, 6) is 0.797. The van der Waals surface area contributed by atoms with E-state index in [1.165, 1.54) is 0 Å². The molecule has 5 atom stereocenters. The average Bonchev–Trinajstić information content (AvgIpc) is 2.96. The van der Waals surface area contributed by atoms with Gasteiger partial charge in [-0.1, -0.05) is 93.2 Å². The van der Waals surface area contributed by atoms with E-state index in [1.807, 2.05) is 72.8 Å². The summed E-state index contributed by atoms with van der Waals surface area (Å²) >= 11 is 1.59. The van der Waals surface area contributed by atoms with Crippen LogP contribution in [0.5, 0.6) is 5.75 Å². The van der Waals surface area contributed by atoms with E-state index in [4.69, 9.17) is 23.4 Å². The van der Waals surface area contributed by atoms with Crippen molar-refractivity contribution < 1.29 is 28.5 Å². The summed E-state index contributed by atoms with van der Waals surface area (Å²) in [7, 11) is -0.683. The molecule has 0 amide bonds. The van der Waals surface area contributed by atoms with Crippen molar-refractivity contribution in [2.24, 2.45) is 0 Å². The zero-order valence-corrected chi connectivity index (χ0v) is 27.7. The lowest BCUT2D eigenvalue weighted by molar-refractivity contribution is -0.261. The van der Waals surface area contributed by atoms with Crippen molar-refractivity contribution >= 4 is 20.1 Å². The Labute approximate surface area is 256 Å². The SMILES string of the molecule is COc1ccc(COC[C@H]2O[C@@H](Sc3ccccc3)[C@H](OCc3ccccc3)[C@@H](O[Si](C)(C)C(C)(C)C)[C@]2(C)O)cc1. The molecule has 228 valence electrons. The minimum atomic E-state index is -2.33. The quantitative estimate of drug-likeness (QED) is 0.214. The number of hydrogen-bond acceptors (Lipinski definition) is 7. The minimum Gasteiger partial charge on any atom is -0.497 e. The monoisotopic (exact) mass is 610 g/mol. The van der Waals surface area contributed by atoms with Gasteiger partial charge in [-0.05, 0) is 60.4 Å². The predicted molar refractivity (Wildman–Crippen MR) is 171 cm³/mol. The Morgan fingerprint density at radius 1 is 0.881 bits per heavy atom. The van der Waals surface area contributed by atoms with Crippen molar-refractivity contribution in [1.29, 1.82) is 0 Å². The molecule has 1 aliphatic heterocycles. The van der Waals surface area contributed by atoms with E-state index in [2.05, 4.69) is 46.0 Å². The molecule has 1 saturated heterocycles. The van der Waals surface area contributed by atoms with Crippen molar-refractivity contribution in [3.63, 3.8) is 0 Å². The number of ether oxygens (including phenoxy) is 4. The molecule has 0 radical (unpaired) electrons. The number of aliphatic hydroxyl groups is 1. The highest BCUT2D eigenvalue weighted by Crippen LogP contribution is 2.45. The molecule has 1 heterocycles. The van der Waals surface area contributed by atoms with Crippen LogP contribution in [0.3, 0.4) is 0 Å². The van der Waals surface area contributed by atoms with Crippen LogP contribution in [-0.4, -0.2) is 56.5 Å². The van der Waals surface area contributed by atoms with Crippen LogP contribution in [0.1, 0.15) is 38.8 Å². The van der Waals surface area contributed by atoms with Gasteiger partial charge in [0.2, 0.25) is 0 Å². The van der Waals surface area contributed by atoms with E-state index in [9.17, 15) is 5.11 Å². The second kappa shape index (κ2) is 14.1. The molecule has 1 N–H and O–H groups in total. The number of rotatable bonds is 12. The first kappa shape index (κ1) is 32.7. The molecule has 6 nitrogen and oxygen atoms in total. The van der Waals surface area contributed by atoms with Crippen LogP contribution >= 0.6 is 11.8 Å². The Bertz CT molecular complexity index is 1230. The standard InChI is InChI=1S/C34H46O6SSi/c1-33(2,3)42(6,7)40-31-30(38-23-25-14-10-8-11-15-25)32(41-28-16-12-9-13-17-28)39-29(34(31,4)35)24-37-22-26-18-20-27(36-5)21-19-26/h8-21,29-32,35H,22-24H2,1-7H3/t29-,30-,31-,32+,34-/m1/s1. The molecule has 0 saturated carbocycles. The van der Waals surface area contributed by atoms with E-state index < -0.39 is 37.7 Å². The zero-order valence-electron chi connectivity index (χ0n) is 25.9. The van der Waals surface area contributed by atoms with Crippen molar-refractivity contribution in [2.75, 3.05) is 13.7 Å². The van der Waals surface area contributed by atoms with E-state index in [-0.39, 0.29) is 11.6 Å². The fourth-order valence-corrected chi connectivity index (χ4v) is 7.08. The molecule has 0 aliphatic carbocycles. The molecule has 1 aliphatic rings. The van der Waals surface area contributed by atoms with Gasteiger partial charge in [-0.2, -0.15) is 0 Å². The number of benzene rings is 3. The number of thioether (sulfide) groups is 1. The average molecular weight is 611 g/mol. The van der Waals surface area contributed by atoms with Crippen LogP contribution < -0.4 is 4.74 Å². The Morgan fingerprint density at radius 2 is 1.48 bits per heavy atom. The van der Waals surface area contributed by atoms with Gasteiger partial charge >= 0.3 is 0 Å². The summed E-state index contributed by atoms with van der Waals surface area (Å²) in [5.41, 5.74) is 0.266. The highest BCUT2D eigenvalue weighted by atomic mass is 32.2. The Morgan fingerprint density at radius 3 is 2.07 bits per heavy atom. The molecule has 0 aromatic heterocycles. The van der Waals surface area contributed by atoms with Gasteiger partial charge in [0, 0.05) is 4.90 Å². The molecule has 0 spiro atoms. The summed E-state index contributed by atoms with van der Waals surface area (Å²) in [5, 5.41) is 12.2. The van der Waals surface area contributed by atoms with Gasteiger partial charge in [0.1, 0.15) is 35.1 Å². The van der Waals surface area contributed by atoms with Crippen molar-refractivity contribution in [2.45, 2.75) is 93.3 Å². The third-order valence-corrected chi connectivity index (χ3v) is 13.9. The van der Waals surface area contributed by atoms with Gasteiger partial charge in [0.15, 0.2) is 8.32 Å². The second-order valence-electron chi connectivity index (χ2n) is 12.6. The third-order valence-electron chi connectivity index (χ3n) is 8.30. The molecule has 0 unspecified atom stereocenters. The van der Waals surface area contributed by atoms with Crippen molar-refractivity contribution in [3.8, 4) is 5.75 Å². The molecule has 0 bridgehead atoms. The Balaban J connectivity index is 1.63. The third kappa shape index (κ3) is 8.26. The Hall–Kier alpha value is -2.17. The number of hydrogen-bond donors (Lipinski definition) is 1. The summed E-state index contributed by atoms with van der Waals surface area (Å²) in [4.78, 5) is 1.06. The van der Waals surface area contributed by atoms with E-state index in [0.29, 0.717) is 13.2 Å². The van der Waals surface area contributed by atoms with E-state index in [0.717, 1.165) is 21.8 Å². The second-order valence-corrected chi connectivity index (χ2v) is 18.5. The van der Waals surface area contributed by atoms with Crippen LogP contribution in [0.25, 0.3) is 0 Å². The van der Waals surface area contributed by atoms with Gasteiger partial charge in [-0.15, -0.1) is 0 Å². The smallest absolute Gasteiger partial charge is 0.192 e. The normalized spacial score (nSPS) is 24.9. The molecule has 3 aromatic rings. The van der Waals surface area contributed by atoms with Crippen LogP contribution in [0.2, 0.25) is 18.1 Å². The van der Waals surface area contributed by atoms with Crippen LogP contribution in [0.15, 0.2) is 89.8 Å². The maximum absolute atomic E-state index is 12.2. The maximum atomic E-state index is 12.2. The van der Waals surface area contributed by atoms with Crippen LogP contribution in [-0.2, 0) is 31.9 Å². The van der Waals surface area contributed by atoms with Gasteiger partial charge < -0.3 is 28.5 Å². The summed E-state index contributed by atoms with van der Waals surface area (Å²) in [6.07, 6.45) is -1.80. The van der Waals surface area contributed by atoms with Crippen molar-refractivity contribution in [3.05, 3.63) is 96.1 Å².